The highest BCUT2D eigenvalue weighted by Gasteiger charge is 2.32. The third-order valence-corrected chi connectivity index (χ3v) is 14.6. The van der Waals surface area contributed by atoms with Crippen LogP contribution in [-0.4, -0.2) is 119 Å². The molecule has 348 valence electrons. The van der Waals surface area contributed by atoms with Crippen LogP contribution in [0.3, 0.4) is 0 Å². The Hall–Kier alpha value is -6.13. The first-order valence-electron chi connectivity index (χ1n) is 23.4. The molecular formula is C50H60F2N10O4. The number of aromatic nitrogens is 3. The van der Waals surface area contributed by atoms with Crippen molar-refractivity contribution in [3.05, 3.63) is 111 Å². The van der Waals surface area contributed by atoms with Gasteiger partial charge in [0.25, 0.3) is 11.5 Å². The number of imide groups is 1. The Labute approximate surface area is 383 Å². The van der Waals surface area contributed by atoms with E-state index < -0.39 is 11.9 Å². The number of likely N-dealkylation sites (tertiary alicyclic amines) is 2. The van der Waals surface area contributed by atoms with Crippen molar-refractivity contribution in [2.75, 3.05) is 81.5 Å². The van der Waals surface area contributed by atoms with Crippen molar-refractivity contribution < 1.29 is 23.2 Å². The van der Waals surface area contributed by atoms with Gasteiger partial charge in [0.05, 0.1) is 11.4 Å². The number of piperidine rings is 3. The Balaban J connectivity index is 0.749. The smallest absolute Gasteiger partial charge is 0.257 e. The number of nitrogens with one attached hydrogen (secondary N) is 3. The maximum absolute atomic E-state index is 16.1. The summed E-state index contributed by atoms with van der Waals surface area (Å²) in [7, 11) is 3.80. The highest BCUT2D eigenvalue weighted by Crippen LogP contribution is 2.37. The fraction of sp³-hybridized carbons (Fsp3) is 0.460. The van der Waals surface area contributed by atoms with Crippen molar-refractivity contribution in [2.24, 2.45) is 13.0 Å². The van der Waals surface area contributed by atoms with Crippen LogP contribution in [0.4, 0.5) is 25.8 Å². The minimum atomic E-state index is -0.570. The number of pyridine rings is 2. The molecule has 0 saturated carbocycles. The van der Waals surface area contributed by atoms with Gasteiger partial charge in [-0.25, -0.2) is 13.8 Å². The summed E-state index contributed by atoms with van der Waals surface area (Å²) in [6.45, 7) is 10.9. The molecule has 0 spiro atoms. The number of hydrogen-bond donors (Lipinski definition) is 3. The number of benzene rings is 2. The van der Waals surface area contributed by atoms with E-state index in [0.29, 0.717) is 61.0 Å². The highest BCUT2D eigenvalue weighted by atomic mass is 19.1. The Bertz CT molecular complexity index is 2670. The number of fused-ring (bicyclic) bond motifs is 1. The zero-order valence-electron chi connectivity index (χ0n) is 38.3. The molecule has 3 amide bonds. The second kappa shape index (κ2) is 19.0. The Morgan fingerprint density at radius 1 is 0.848 bits per heavy atom. The van der Waals surface area contributed by atoms with E-state index in [1.54, 1.807) is 42.2 Å². The predicted octanol–water partition coefficient (Wildman–Crippen LogP) is 6.18. The van der Waals surface area contributed by atoms with Gasteiger partial charge in [0.15, 0.2) is 0 Å². The van der Waals surface area contributed by atoms with Crippen molar-refractivity contribution in [3.63, 3.8) is 0 Å². The van der Waals surface area contributed by atoms with E-state index >= 15 is 8.78 Å². The average Bonchev–Trinajstić information content (AvgIpc) is 3.66. The molecule has 3 aromatic heterocycles. The van der Waals surface area contributed by atoms with Crippen LogP contribution in [0.25, 0.3) is 16.7 Å². The van der Waals surface area contributed by atoms with Crippen molar-refractivity contribution in [1.82, 2.24) is 34.1 Å². The van der Waals surface area contributed by atoms with Crippen molar-refractivity contribution in [3.8, 4) is 5.69 Å². The number of rotatable bonds is 11. The van der Waals surface area contributed by atoms with Crippen LogP contribution in [-0.2, 0) is 16.6 Å². The molecule has 4 fully saturated rings. The van der Waals surface area contributed by atoms with Gasteiger partial charge in [0.1, 0.15) is 23.3 Å². The molecule has 0 bridgehead atoms. The van der Waals surface area contributed by atoms with E-state index in [0.717, 1.165) is 92.1 Å². The number of anilines is 3. The summed E-state index contributed by atoms with van der Waals surface area (Å²) in [6.07, 6.45) is 7.50. The zero-order valence-corrected chi connectivity index (χ0v) is 38.3. The third kappa shape index (κ3) is 9.17. The number of halogens is 2. The topological polar surface area (TPSA) is 140 Å². The predicted molar refractivity (Wildman–Crippen MR) is 252 cm³/mol. The van der Waals surface area contributed by atoms with Crippen LogP contribution >= 0.6 is 0 Å². The number of hydrogen-bond acceptors (Lipinski definition) is 10. The molecule has 0 aliphatic carbocycles. The van der Waals surface area contributed by atoms with E-state index in [2.05, 4.69) is 53.2 Å². The first-order chi connectivity index (χ1) is 31.8. The fourth-order valence-corrected chi connectivity index (χ4v) is 10.8. The molecule has 5 aromatic rings. The van der Waals surface area contributed by atoms with Gasteiger partial charge in [-0.15, -0.1) is 0 Å². The molecule has 14 nitrogen and oxygen atoms in total. The van der Waals surface area contributed by atoms with E-state index in [-0.39, 0.29) is 47.4 Å². The summed E-state index contributed by atoms with van der Waals surface area (Å²) in [5.74, 6) is -0.965. The quantitative estimate of drug-likeness (QED) is 0.132. The monoisotopic (exact) mass is 902 g/mol. The Morgan fingerprint density at radius 2 is 1.61 bits per heavy atom. The summed E-state index contributed by atoms with van der Waals surface area (Å²) in [6, 6.07) is 15.2. The number of carbonyl (C=O) groups is 3. The molecule has 16 heteroatoms. The number of nitrogens with zero attached hydrogens (tertiary/aromatic N) is 7. The molecular weight excluding hydrogens is 843 g/mol. The lowest BCUT2D eigenvalue weighted by molar-refractivity contribution is -0.133. The maximum Gasteiger partial charge on any atom is 0.257 e. The summed E-state index contributed by atoms with van der Waals surface area (Å²) < 4.78 is 35.1. The molecule has 9 rings (SSSR count). The third-order valence-electron chi connectivity index (χ3n) is 14.6. The van der Waals surface area contributed by atoms with Crippen LogP contribution in [0.5, 0.6) is 0 Å². The molecule has 1 unspecified atom stereocenters. The number of aryl methyl sites for hydroxylation is 2. The van der Waals surface area contributed by atoms with Crippen LogP contribution in [0.2, 0.25) is 0 Å². The molecule has 0 radical (unpaired) electrons. The minimum absolute atomic E-state index is 0.0529. The maximum atomic E-state index is 16.1. The van der Waals surface area contributed by atoms with E-state index in [9.17, 15) is 19.2 Å². The molecule has 7 heterocycles. The summed E-state index contributed by atoms with van der Waals surface area (Å²) in [4.78, 5) is 63.8. The summed E-state index contributed by atoms with van der Waals surface area (Å²) in [5.41, 5.74) is 6.30. The van der Waals surface area contributed by atoms with Crippen molar-refractivity contribution in [1.29, 1.82) is 0 Å². The van der Waals surface area contributed by atoms with Gasteiger partial charge in [0.2, 0.25) is 11.8 Å². The van der Waals surface area contributed by atoms with Crippen LogP contribution < -0.4 is 26.4 Å². The lowest BCUT2D eigenvalue weighted by Gasteiger charge is -2.39. The molecule has 4 saturated heterocycles. The zero-order chi connectivity index (χ0) is 46.2. The van der Waals surface area contributed by atoms with Gasteiger partial charge in [-0.1, -0.05) is 0 Å². The largest absolute Gasteiger partial charge is 0.388 e. The first-order valence-corrected chi connectivity index (χ1v) is 23.4. The lowest BCUT2D eigenvalue weighted by Crippen LogP contribution is -2.49. The molecule has 66 heavy (non-hydrogen) atoms. The fourth-order valence-electron chi connectivity index (χ4n) is 10.8. The van der Waals surface area contributed by atoms with Crippen LogP contribution in [0, 0.1) is 24.5 Å². The molecule has 2 aromatic carbocycles. The standard InChI is InChI=1S/C50H60F2N10O4/c1-31-25-35(50(66)61-16-10-33(11-17-61)30-58-21-23-60(24-22-58)43-7-5-37(27-39(43)51)55-41-6-8-45(63)56-49(41)65)26-40(52)47(31)34-12-18-59(19-13-34)32(2)44-29-38-42(9-15-54-48(38)57(44)4)62-20-14-36(53-3)28-46(62)64/h5,7,9,14-15,20,25-29,32-34,41,53,55H,6,8,10-13,16-19,21-24,30H2,1-4H3,(H,56,63,65)/t32-,41?/m0/s1. The van der Waals surface area contributed by atoms with Gasteiger partial charge in [0, 0.05) is 119 Å². The van der Waals surface area contributed by atoms with E-state index in [1.807, 2.05) is 37.1 Å². The van der Waals surface area contributed by atoms with Crippen LogP contribution in [0.15, 0.2) is 71.8 Å². The molecule has 4 aliphatic rings. The second-order valence-electron chi connectivity index (χ2n) is 18.6. The minimum Gasteiger partial charge on any atom is -0.388 e. The van der Waals surface area contributed by atoms with Gasteiger partial charge in [-0.3, -0.25) is 38.9 Å². The van der Waals surface area contributed by atoms with Crippen molar-refractivity contribution >= 4 is 45.8 Å². The SMILES string of the molecule is CNc1ccn(-c2ccnc3c2cc([C@H](C)N2CCC(c4c(C)cc(C(=O)N5CCC(CN6CCN(c7ccc(NC8CCC(=O)NC8=O)cc7F)CC6)CC5)cc4F)CC2)n3C)c(=O)c1. The number of piperazine rings is 1. The lowest BCUT2D eigenvalue weighted by atomic mass is 9.85. The van der Waals surface area contributed by atoms with E-state index in [4.69, 9.17) is 0 Å². The number of amides is 3. The molecule has 3 N–H and O–H groups in total. The first kappa shape index (κ1) is 45.0. The van der Waals surface area contributed by atoms with Crippen molar-refractivity contribution in [2.45, 2.75) is 70.4 Å². The van der Waals surface area contributed by atoms with E-state index in [1.165, 1.54) is 12.1 Å². The van der Waals surface area contributed by atoms with Gasteiger partial charge in [-0.05, 0) is 131 Å². The second-order valence-corrected chi connectivity index (χ2v) is 18.6. The Kier molecular flexibility index (Phi) is 13.0. The normalized spacial score (nSPS) is 19.9. The van der Waals surface area contributed by atoms with Gasteiger partial charge >= 0.3 is 0 Å². The summed E-state index contributed by atoms with van der Waals surface area (Å²) in [5, 5.41) is 9.30. The van der Waals surface area contributed by atoms with Gasteiger partial charge in [-0.2, -0.15) is 0 Å². The summed E-state index contributed by atoms with van der Waals surface area (Å²) >= 11 is 0. The average molecular weight is 903 g/mol. The van der Waals surface area contributed by atoms with Gasteiger partial charge < -0.3 is 25.0 Å². The number of carbonyl (C=O) groups excluding carboxylic acids is 3. The van der Waals surface area contributed by atoms with Crippen LogP contribution in [0.1, 0.15) is 84.6 Å². The molecule has 2 atom stereocenters. The Morgan fingerprint density at radius 3 is 2.29 bits per heavy atom. The highest BCUT2D eigenvalue weighted by molar-refractivity contribution is 6.01. The molecule has 4 aliphatic heterocycles.